The summed E-state index contributed by atoms with van der Waals surface area (Å²) in [6.07, 6.45) is -1.73. The molecule has 0 spiro atoms. The average Bonchev–Trinajstić information content (AvgIpc) is 2.96. The summed E-state index contributed by atoms with van der Waals surface area (Å²) in [7, 11) is -2.36. The van der Waals surface area contributed by atoms with Crippen LogP contribution in [-0.4, -0.2) is 69.8 Å². The number of piperazine rings is 1. The van der Waals surface area contributed by atoms with E-state index >= 15 is 0 Å². The number of carbonyl (C=O) groups excluding carboxylic acids is 1. The van der Waals surface area contributed by atoms with Gasteiger partial charge in [0.25, 0.3) is 15.9 Å². The number of hydrogen-bond donors (Lipinski definition) is 4. The molecule has 1 aliphatic heterocycles. The van der Waals surface area contributed by atoms with Crippen molar-refractivity contribution in [2.24, 2.45) is 0 Å². The van der Waals surface area contributed by atoms with Crippen molar-refractivity contribution in [3.8, 4) is 5.75 Å². The van der Waals surface area contributed by atoms with Crippen LogP contribution in [0.1, 0.15) is 15.9 Å². The van der Waals surface area contributed by atoms with E-state index in [2.05, 4.69) is 25.2 Å². The summed E-state index contributed by atoms with van der Waals surface area (Å²) in [6, 6.07) is 14.9. The molecule has 0 atom stereocenters. The maximum atomic E-state index is 13.1. The van der Waals surface area contributed by atoms with Gasteiger partial charge in [-0.3, -0.25) is 14.5 Å². The molecule has 1 fully saturated rings. The number of benzene rings is 2. The Balaban J connectivity index is 0.000000587. The van der Waals surface area contributed by atoms with Crippen molar-refractivity contribution in [2.75, 3.05) is 42.9 Å². The first-order valence-electron chi connectivity index (χ1n) is 12.1. The third-order valence-electron chi connectivity index (χ3n) is 5.75. The van der Waals surface area contributed by atoms with Gasteiger partial charge in [-0.15, -0.1) is 0 Å². The van der Waals surface area contributed by atoms with Crippen molar-refractivity contribution in [1.29, 1.82) is 0 Å². The van der Waals surface area contributed by atoms with Gasteiger partial charge in [0.15, 0.2) is 0 Å². The summed E-state index contributed by atoms with van der Waals surface area (Å²) < 4.78 is 65.8. The summed E-state index contributed by atoms with van der Waals surface area (Å²) in [6.45, 7) is 3.35. The molecule has 0 unspecified atom stereocenters. The van der Waals surface area contributed by atoms with Gasteiger partial charge in [0, 0.05) is 50.7 Å². The highest BCUT2D eigenvalue weighted by atomic mass is 32.2. The number of rotatable bonds is 8. The Hall–Kier alpha value is -4.37. The highest BCUT2D eigenvalue weighted by Crippen LogP contribution is 2.30. The Morgan fingerprint density at radius 2 is 1.76 bits per heavy atom. The van der Waals surface area contributed by atoms with Crippen molar-refractivity contribution in [2.45, 2.75) is 17.6 Å². The lowest BCUT2D eigenvalue weighted by Crippen LogP contribution is -2.43. The predicted molar refractivity (Wildman–Crippen MR) is 144 cm³/mol. The van der Waals surface area contributed by atoms with Gasteiger partial charge in [0.2, 0.25) is 0 Å². The van der Waals surface area contributed by atoms with Gasteiger partial charge in [0.05, 0.1) is 23.4 Å². The number of pyridine rings is 1. The normalized spacial score (nSPS) is 13.4. The van der Waals surface area contributed by atoms with Crippen LogP contribution in [0, 0.1) is 0 Å². The number of aliphatic carboxylic acids is 1. The van der Waals surface area contributed by atoms with Gasteiger partial charge in [-0.1, -0.05) is 6.07 Å². The van der Waals surface area contributed by atoms with Crippen LogP contribution in [0.15, 0.2) is 71.9 Å². The van der Waals surface area contributed by atoms with E-state index < -0.39 is 22.2 Å². The number of carbonyl (C=O) groups is 2. The molecule has 41 heavy (non-hydrogen) atoms. The lowest BCUT2D eigenvalue weighted by molar-refractivity contribution is -0.192. The van der Waals surface area contributed by atoms with Crippen LogP contribution in [0.25, 0.3) is 0 Å². The van der Waals surface area contributed by atoms with E-state index in [0.29, 0.717) is 23.5 Å². The number of anilines is 2. The van der Waals surface area contributed by atoms with Gasteiger partial charge in [0.1, 0.15) is 5.75 Å². The molecule has 11 nitrogen and oxygen atoms in total. The molecule has 1 aromatic heterocycles. The number of halogens is 3. The number of nitrogens with one attached hydrogen (secondary N) is 3. The first-order valence-corrected chi connectivity index (χ1v) is 13.6. The summed E-state index contributed by atoms with van der Waals surface area (Å²) in [5, 5.41) is 13.3. The van der Waals surface area contributed by atoms with Gasteiger partial charge in [-0.2, -0.15) is 13.2 Å². The summed E-state index contributed by atoms with van der Waals surface area (Å²) in [4.78, 5) is 28.0. The van der Waals surface area contributed by atoms with E-state index in [1.807, 2.05) is 6.07 Å². The number of alkyl halides is 3. The van der Waals surface area contributed by atoms with Crippen LogP contribution in [0.4, 0.5) is 24.5 Å². The lowest BCUT2D eigenvalue weighted by Gasteiger charge is -2.31. The highest BCUT2D eigenvalue weighted by molar-refractivity contribution is 7.92. The van der Waals surface area contributed by atoms with Crippen LogP contribution in [0.3, 0.4) is 0 Å². The Morgan fingerprint density at radius 3 is 2.32 bits per heavy atom. The van der Waals surface area contributed by atoms with Crippen molar-refractivity contribution in [3.63, 3.8) is 0 Å². The lowest BCUT2D eigenvalue weighted by atomic mass is 10.1. The Kier molecular flexibility index (Phi) is 10.5. The van der Waals surface area contributed by atoms with Gasteiger partial charge >= 0.3 is 12.1 Å². The van der Waals surface area contributed by atoms with Crippen molar-refractivity contribution < 1.29 is 41.0 Å². The minimum absolute atomic E-state index is 0.103. The number of amides is 1. The number of carboxylic acid groups (broad SMARTS) is 1. The van der Waals surface area contributed by atoms with Gasteiger partial charge < -0.3 is 25.4 Å². The molecule has 2 aromatic carbocycles. The molecular formula is C26H28F3N5O6S. The first kappa shape index (κ1) is 31.2. The van der Waals surface area contributed by atoms with E-state index in [9.17, 15) is 26.4 Å². The number of aromatic nitrogens is 1. The highest BCUT2D eigenvalue weighted by Gasteiger charge is 2.38. The summed E-state index contributed by atoms with van der Waals surface area (Å²) in [5.41, 5.74) is 2.30. The van der Waals surface area contributed by atoms with Crippen molar-refractivity contribution in [1.82, 2.24) is 15.6 Å². The minimum Gasteiger partial charge on any atom is -0.497 e. The number of methoxy groups -OCH3 is 1. The van der Waals surface area contributed by atoms with Gasteiger partial charge in [-0.25, -0.2) is 13.2 Å². The molecule has 4 N–H and O–H groups in total. The predicted octanol–water partition coefficient (Wildman–Crippen LogP) is 2.86. The second-order valence-corrected chi connectivity index (χ2v) is 10.3. The van der Waals surface area contributed by atoms with E-state index in [-0.39, 0.29) is 10.8 Å². The smallest absolute Gasteiger partial charge is 0.490 e. The SMILES string of the molecule is COc1ccc(S(=O)(=O)Nc2cc(C(=O)NCc3cccnc3)ccc2N2CCNCC2)cc1.O=C(O)C(F)(F)F. The zero-order valence-electron chi connectivity index (χ0n) is 21.8. The maximum absolute atomic E-state index is 13.1. The third kappa shape index (κ3) is 9.08. The van der Waals surface area contributed by atoms with E-state index in [1.54, 1.807) is 48.8 Å². The third-order valence-corrected chi connectivity index (χ3v) is 7.13. The van der Waals surface area contributed by atoms with Crippen molar-refractivity contribution >= 4 is 33.3 Å². The molecule has 0 saturated carbocycles. The van der Waals surface area contributed by atoms with Crippen molar-refractivity contribution in [3.05, 3.63) is 78.1 Å². The molecule has 0 bridgehead atoms. The van der Waals surface area contributed by atoms with Crippen LogP contribution in [0.2, 0.25) is 0 Å². The largest absolute Gasteiger partial charge is 0.497 e. The molecule has 0 radical (unpaired) electrons. The van der Waals surface area contributed by atoms with Crippen LogP contribution < -0.4 is 25.0 Å². The molecule has 0 aliphatic carbocycles. The van der Waals surface area contributed by atoms with E-state index in [0.717, 1.165) is 37.4 Å². The number of ether oxygens (including phenoxy) is 1. The topological polar surface area (TPSA) is 150 Å². The zero-order chi connectivity index (χ0) is 30.0. The zero-order valence-corrected chi connectivity index (χ0v) is 22.6. The maximum Gasteiger partial charge on any atom is 0.490 e. The fraction of sp³-hybridized carbons (Fsp3) is 0.269. The molecule has 3 aromatic rings. The molecule has 4 rings (SSSR count). The standard InChI is InChI=1S/C24H27N5O4S.C2HF3O2/c1-33-20-5-7-21(8-6-20)34(31,32)28-22-15-19(4-9-23(22)29-13-11-25-12-14-29)24(30)27-17-18-3-2-10-26-16-18;3-2(4,5)1(6)7/h2-10,15-16,25,28H,11-14,17H2,1H3,(H,27,30);(H,6,7). The number of carboxylic acids is 1. The second kappa shape index (κ2) is 13.8. The molecule has 1 amide bonds. The number of nitrogens with zero attached hydrogens (tertiary/aromatic N) is 2. The molecule has 15 heteroatoms. The monoisotopic (exact) mass is 595 g/mol. The van der Waals surface area contributed by atoms with E-state index in [4.69, 9.17) is 14.6 Å². The average molecular weight is 596 g/mol. The second-order valence-electron chi connectivity index (χ2n) is 8.60. The van der Waals surface area contributed by atoms with Gasteiger partial charge in [-0.05, 0) is 54.1 Å². The molecular weight excluding hydrogens is 567 g/mol. The van der Waals surface area contributed by atoms with Crippen LogP contribution in [0.5, 0.6) is 5.75 Å². The molecule has 2 heterocycles. The quantitative estimate of drug-likeness (QED) is 0.308. The Morgan fingerprint density at radius 1 is 1.10 bits per heavy atom. The fourth-order valence-corrected chi connectivity index (χ4v) is 4.75. The number of hydrogen-bond acceptors (Lipinski definition) is 8. The molecule has 1 aliphatic rings. The van der Waals surface area contributed by atoms with Crippen LogP contribution >= 0.6 is 0 Å². The Labute approximate surface area is 234 Å². The summed E-state index contributed by atoms with van der Waals surface area (Å²) >= 11 is 0. The number of sulfonamides is 1. The summed E-state index contributed by atoms with van der Waals surface area (Å²) in [5.74, 6) is -2.50. The van der Waals surface area contributed by atoms with E-state index in [1.165, 1.54) is 19.2 Å². The minimum atomic E-state index is -5.08. The first-order chi connectivity index (χ1) is 19.4. The fourth-order valence-electron chi connectivity index (χ4n) is 3.69. The molecule has 1 saturated heterocycles. The Bertz CT molecular complexity index is 1430. The molecule has 220 valence electrons. The van der Waals surface area contributed by atoms with Crippen LogP contribution in [-0.2, 0) is 21.4 Å².